The summed E-state index contributed by atoms with van der Waals surface area (Å²) >= 11 is 0. The summed E-state index contributed by atoms with van der Waals surface area (Å²) in [6.07, 6.45) is 1.96. The van der Waals surface area contributed by atoms with Crippen LogP contribution in [0.5, 0.6) is 0 Å². The number of amides is 2. The van der Waals surface area contributed by atoms with Crippen molar-refractivity contribution in [2.75, 3.05) is 13.2 Å². The average Bonchev–Trinajstić information content (AvgIpc) is 2.96. The standard InChI is InChI=1S/C24H30N2O5/c1-4-15(14-27)25-18-12-24(2,3)13-20(29)21(18)19(28)10-7-11-26-22(30)16-8-5-6-9-17(16)23(26)31/h5-6,8-9,15,27-28H,4,7,10-14H2,1-3H3/b21-19+,25-18?. The number of fused-ring (bicyclic) bond motifs is 1. The summed E-state index contributed by atoms with van der Waals surface area (Å²) in [5.41, 5.74) is 1.27. The zero-order valence-corrected chi connectivity index (χ0v) is 18.4. The van der Waals surface area contributed by atoms with E-state index in [4.69, 9.17) is 0 Å². The Morgan fingerprint density at radius 2 is 1.74 bits per heavy atom. The van der Waals surface area contributed by atoms with Crippen molar-refractivity contribution in [1.82, 2.24) is 4.90 Å². The lowest BCUT2D eigenvalue weighted by Gasteiger charge is -2.32. The first-order valence-corrected chi connectivity index (χ1v) is 10.8. The van der Waals surface area contributed by atoms with Crippen LogP contribution in [0.4, 0.5) is 0 Å². The van der Waals surface area contributed by atoms with Gasteiger partial charge in [0.25, 0.3) is 11.8 Å². The van der Waals surface area contributed by atoms with E-state index in [1.807, 2.05) is 20.8 Å². The van der Waals surface area contributed by atoms with Gasteiger partial charge in [-0.05, 0) is 36.8 Å². The molecule has 1 aliphatic carbocycles. The van der Waals surface area contributed by atoms with Gasteiger partial charge in [0.15, 0.2) is 5.78 Å². The van der Waals surface area contributed by atoms with Crippen LogP contribution in [-0.4, -0.2) is 57.6 Å². The number of aliphatic hydroxyl groups is 2. The van der Waals surface area contributed by atoms with E-state index in [1.165, 1.54) is 4.90 Å². The van der Waals surface area contributed by atoms with Gasteiger partial charge in [-0.2, -0.15) is 0 Å². The van der Waals surface area contributed by atoms with Crippen molar-refractivity contribution in [2.24, 2.45) is 10.4 Å². The van der Waals surface area contributed by atoms with Gasteiger partial charge in [-0.25, -0.2) is 0 Å². The lowest BCUT2D eigenvalue weighted by atomic mass is 9.73. The zero-order chi connectivity index (χ0) is 22.8. The maximum absolute atomic E-state index is 12.8. The van der Waals surface area contributed by atoms with Crippen LogP contribution in [0.2, 0.25) is 0 Å². The molecule has 0 aromatic heterocycles. The van der Waals surface area contributed by atoms with Crippen LogP contribution in [0.15, 0.2) is 40.6 Å². The molecule has 0 spiro atoms. The largest absolute Gasteiger partial charge is 0.511 e. The van der Waals surface area contributed by atoms with E-state index in [-0.39, 0.29) is 60.0 Å². The maximum atomic E-state index is 12.8. The van der Waals surface area contributed by atoms with Crippen molar-refractivity contribution in [3.8, 4) is 0 Å². The highest BCUT2D eigenvalue weighted by atomic mass is 16.3. The Labute approximate surface area is 182 Å². The van der Waals surface area contributed by atoms with Crippen LogP contribution >= 0.6 is 0 Å². The molecule has 2 aliphatic rings. The molecule has 1 atom stereocenters. The van der Waals surface area contributed by atoms with Crippen LogP contribution in [0.3, 0.4) is 0 Å². The molecule has 3 rings (SSSR count). The topological polar surface area (TPSA) is 107 Å². The summed E-state index contributed by atoms with van der Waals surface area (Å²) < 4.78 is 0. The van der Waals surface area contributed by atoms with Crippen LogP contribution in [0.1, 0.15) is 73.6 Å². The van der Waals surface area contributed by atoms with Gasteiger partial charge in [0, 0.05) is 25.1 Å². The fourth-order valence-electron chi connectivity index (χ4n) is 4.18. The molecule has 0 saturated heterocycles. The molecule has 1 saturated carbocycles. The number of hydrogen-bond acceptors (Lipinski definition) is 6. The molecule has 1 aromatic carbocycles. The molecule has 2 amide bonds. The second kappa shape index (κ2) is 9.14. The van der Waals surface area contributed by atoms with Gasteiger partial charge in [-0.1, -0.05) is 32.9 Å². The Bertz CT molecular complexity index is 921. The van der Waals surface area contributed by atoms with Gasteiger partial charge in [0.1, 0.15) is 5.76 Å². The first-order chi connectivity index (χ1) is 14.7. The molecule has 1 unspecified atom stereocenters. The number of ketones is 1. The molecular formula is C24H30N2O5. The highest BCUT2D eigenvalue weighted by Crippen LogP contribution is 2.36. The van der Waals surface area contributed by atoms with Crippen LogP contribution in [0.25, 0.3) is 0 Å². The number of benzene rings is 1. The van der Waals surface area contributed by atoms with Gasteiger partial charge >= 0.3 is 0 Å². The number of hydrogen-bond donors (Lipinski definition) is 2. The molecule has 166 valence electrons. The van der Waals surface area contributed by atoms with Crippen molar-refractivity contribution in [3.63, 3.8) is 0 Å². The molecule has 7 nitrogen and oxygen atoms in total. The van der Waals surface area contributed by atoms with Gasteiger partial charge < -0.3 is 10.2 Å². The van der Waals surface area contributed by atoms with Crippen LogP contribution in [-0.2, 0) is 4.79 Å². The summed E-state index contributed by atoms with van der Waals surface area (Å²) in [6, 6.07) is 6.38. The molecule has 1 aromatic rings. The Morgan fingerprint density at radius 1 is 1.13 bits per heavy atom. The zero-order valence-electron chi connectivity index (χ0n) is 18.4. The molecular weight excluding hydrogens is 396 g/mol. The minimum Gasteiger partial charge on any atom is -0.511 e. The molecule has 1 fully saturated rings. The third kappa shape index (κ3) is 4.77. The Hall–Kier alpha value is -2.80. The van der Waals surface area contributed by atoms with Crippen molar-refractivity contribution in [2.45, 2.75) is 58.9 Å². The third-order valence-electron chi connectivity index (χ3n) is 5.84. The van der Waals surface area contributed by atoms with E-state index < -0.39 is 0 Å². The van der Waals surface area contributed by atoms with Crippen molar-refractivity contribution in [3.05, 3.63) is 46.7 Å². The minimum absolute atomic E-state index is 0.0661. The number of allylic oxidation sites excluding steroid dienone is 2. The summed E-state index contributed by atoms with van der Waals surface area (Å²) in [4.78, 5) is 43.5. The van der Waals surface area contributed by atoms with E-state index in [1.54, 1.807) is 24.3 Å². The summed E-state index contributed by atoms with van der Waals surface area (Å²) in [6.45, 7) is 5.91. The van der Waals surface area contributed by atoms with E-state index >= 15 is 0 Å². The van der Waals surface area contributed by atoms with E-state index in [2.05, 4.69) is 4.99 Å². The van der Waals surface area contributed by atoms with Gasteiger partial charge in [0.2, 0.25) is 0 Å². The molecule has 1 aliphatic heterocycles. The van der Waals surface area contributed by atoms with Gasteiger partial charge in [0.05, 0.1) is 29.3 Å². The van der Waals surface area contributed by atoms with E-state index in [9.17, 15) is 24.6 Å². The number of Topliss-reactive ketones (excluding diaryl/α,β-unsaturated/α-hetero) is 1. The summed E-state index contributed by atoms with van der Waals surface area (Å²) in [7, 11) is 0. The minimum atomic E-state index is -0.334. The fraction of sp³-hybridized carbons (Fsp3) is 0.500. The smallest absolute Gasteiger partial charge is 0.261 e. The Morgan fingerprint density at radius 3 is 2.29 bits per heavy atom. The second-order valence-corrected chi connectivity index (χ2v) is 8.99. The Kier molecular flexibility index (Phi) is 6.74. The molecule has 7 heteroatoms. The normalized spacial score (nSPS) is 22.1. The molecule has 2 N–H and O–H groups in total. The SMILES string of the molecule is CCC(CO)N=C1CC(C)(C)CC(=O)/C1=C(/O)CCCN1C(=O)c2ccccc2C1=O. The first-order valence-electron chi connectivity index (χ1n) is 10.8. The van der Waals surface area contributed by atoms with E-state index in [0.29, 0.717) is 42.5 Å². The van der Waals surface area contributed by atoms with Crippen LogP contribution in [0, 0.1) is 5.41 Å². The van der Waals surface area contributed by atoms with Crippen LogP contribution < -0.4 is 0 Å². The van der Waals surface area contributed by atoms with Crippen molar-refractivity contribution >= 4 is 23.3 Å². The lowest BCUT2D eigenvalue weighted by molar-refractivity contribution is -0.117. The van der Waals surface area contributed by atoms with Crippen molar-refractivity contribution in [1.29, 1.82) is 0 Å². The number of carbonyl (C=O) groups excluding carboxylic acids is 3. The lowest BCUT2D eigenvalue weighted by Crippen LogP contribution is -2.34. The molecule has 1 heterocycles. The predicted octanol–water partition coefficient (Wildman–Crippen LogP) is 3.48. The monoisotopic (exact) mass is 426 g/mol. The number of aliphatic hydroxyl groups excluding tert-OH is 2. The second-order valence-electron chi connectivity index (χ2n) is 8.99. The maximum Gasteiger partial charge on any atom is 0.261 e. The molecule has 0 radical (unpaired) electrons. The van der Waals surface area contributed by atoms with Crippen molar-refractivity contribution < 1.29 is 24.6 Å². The summed E-state index contributed by atoms with van der Waals surface area (Å²) in [5, 5.41) is 20.3. The summed E-state index contributed by atoms with van der Waals surface area (Å²) in [5.74, 6) is -0.900. The number of carbonyl (C=O) groups is 3. The quantitative estimate of drug-likeness (QED) is 0.394. The highest BCUT2D eigenvalue weighted by Gasteiger charge is 2.37. The predicted molar refractivity (Wildman–Crippen MR) is 117 cm³/mol. The molecule has 0 bridgehead atoms. The fourth-order valence-corrected chi connectivity index (χ4v) is 4.18. The number of aliphatic imine (C=N–C) groups is 1. The number of imide groups is 1. The number of nitrogens with zero attached hydrogens (tertiary/aromatic N) is 2. The van der Waals surface area contributed by atoms with Gasteiger partial charge in [-0.3, -0.25) is 24.3 Å². The van der Waals surface area contributed by atoms with E-state index in [0.717, 1.165) is 0 Å². The van der Waals surface area contributed by atoms with Gasteiger partial charge in [-0.15, -0.1) is 0 Å². The highest BCUT2D eigenvalue weighted by molar-refractivity contribution is 6.24. The first kappa shape index (κ1) is 22.9. The average molecular weight is 427 g/mol. The number of rotatable bonds is 7. The Balaban J connectivity index is 1.76. The third-order valence-corrected chi connectivity index (χ3v) is 5.84. The molecule has 31 heavy (non-hydrogen) atoms.